The molecule has 4 aromatic rings. The second-order valence-corrected chi connectivity index (χ2v) is 10.7. The summed E-state index contributed by atoms with van der Waals surface area (Å²) in [5, 5.41) is 0. The van der Waals surface area contributed by atoms with Crippen LogP contribution < -0.4 is 4.74 Å². The third-order valence-corrected chi connectivity index (χ3v) is 7.60. The van der Waals surface area contributed by atoms with Crippen molar-refractivity contribution in [1.82, 2.24) is 0 Å². The highest BCUT2D eigenvalue weighted by Gasteiger charge is 2.10. The molecule has 0 aliphatic carbocycles. The van der Waals surface area contributed by atoms with Crippen molar-refractivity contribution in [1.29, 1.82) is 0 Å². The molecule has 3 aromatic carbocycles. The molecule has 0 unspecified atom stereocenters. The van der Waals surface area contributed by atoms with Crippen LogP contribution in [0.1, 0.15) is 27.8 Å². The van der Waals surface area contributed by atoms with Gasteiger partial charge in [-0.05, 0) is 78.9 Å². The molecule has 4 rings (SSSR count). The van der Waals surface area contributed by atoms with Gasteiger partial charge in [0, 0.05) is 20.4 Å². The van der Waals surface area contributed by atoms with E-state index in [-0.39, 0.29) is 12.6 Å². The van der Waals surface area contributed by atoms with Gasteiger partial charge in [-0.25, -0.2) is 4.79 Å². The Hall–Kier alpha value is -3.28. The average molecular weight is 515 g/mol. The van der Waals surface area contributed by atoms with Crippen LogP contribution in [-0.4, -0.2) is 24.9 Å². The number of aryl methyl sites for hydroxylation is 2. The molecule has 0 fully saturated rings. The highest BCUT2D eigenvalue weighted by atomic mass is 32.2. The lowest BCUT2D eigenvalue weighted by Crippen LogP contribution is -2.14. The van der Waals surface area contributed by atoms with E-state index in [1.165, 1.54) is 32.0 Å². The highest BCUT2D eigenvalue weighted by molar-refractivity contribution is 7.99. The van der Waals surface area contributed by atoms with E-state index in [0.29, 0.717) is 12.4 Å². The third-order valence-electron chi connectivity index (χ3n) is 5.64. The van der Waals surface area contributed by atoms with E-state index in [9.17, 15) is 4.79 Å². The molecule has 0 radical (unpaired) electrons. The standard InChI is InChI=1S/C31H30O3S2/c1-4-33-31(32)21-34-29-16-15-27(20-22(29)2)35-19-18-28(30-17-10-23(3)36-30)26-13-11-25(12-14-26)24-8-6-5-7-9-24/h5-18,20H,4,19,21H2,1-3H3. The molecule has 184 valence electrons. The Balaban J connectivity index is 1.48. The van der Waals surface area contributed by atoms with Gasteiger partial charge in [-0.1, -0.05) is 60.7 Å². The Morgan fingerprint density at radius 2 is 1.67 bits per heavy atom. The fourth-order valence-electron chi connectivity index (χ4n) is 3.85. The van der Waals surface area contributed by atoms with Crippen LogP contribution in [0, 0.1) is 13.8 Å². The average Bonchev–Trinajstić information content (AvgIpc) is 3.33. The fourth-order valence-corrected chi connectivity index (χ4v) is 5.64. The molecule has 0 saturated heterocycles. The summed E-state index contributed by atoms with van der Waals surface area (Å²) in [4.78, 5) is 15.3. The largest absolute Gasteiger partial charge is 0.482 e. The van der Waals surface area contributed by atoms with E-state index in [1.807, 2.05) is 36.5 Å². The third kappa shape index (κ3) is 6.90. The van der Waals surface area contributed by atoms with Crippen LogP contribution >= 0.6 is 23.1 Å². The van der Waals surface area contributed by atoms with Gasteiger partial charge in [0.1, 0.15) is 5.75 Å². The molecule has 3 nitrogen and oxygen atoms in total. The maximum Gasteiger partial charge on any atom is 0.344 e. The van der Waals surface area contributed by atoms with Crippen molar-refractivity contribution in [3.8, 4) is 16.9 Å². The number of esters is 1. The molecule has 0 amide bonds. The summed E-state index contributed by atoms with van der Waals surface area (Å²) >= 11 is 3.60. The first kappa shape index (κ1) is 25.8. The summed E-state index contributed by atoms with van der Waals surface area (Å²) in [7, 11) is 0. The van der Waals surface area contributed by atoms with Crippen LogP contribution in [0.5, 0.6) is 5.75 Å². The number of thiophene rings is 1. The molecular formula is C31H30O3S2. The molecule has 0 aliphatic rings. The Bertz CT molecular complexity index is 1320. The van der Waals surface area contributed by atoms with Crippen molar-refractivity contribution in [3.63, 3.8) is 0 Å². The number of carbonyl (C=O) groups excluding carboxylic acids is 1. The van der Waals surface area contributed by atoms with Crippen molar-refractivity contribution in [2.45, 2.75) is 25.7 Å². The Kier molecular flexibility index (Phi) is 9.04. The first-order valence-corrected chi connectivity index (χ1v) is 13.8. The summed E-state index contributed by atoms with van der Waals surface area (Å²) in [5.41, 5.74) is 5.92. The van der Waals surface area contributed by atoms with Crippen molar-refractivity contribution >= 4 is 34.6 Å². The van der Waals surface area contributed by atoms with Crippen LogP contribution in [0.2, 0.25) is 0 Å². The summed E-state index contributed by atoms with van der Waals surface area (Å²) < 4.78 is 10.5. The maximum absolute atomic E-state index is 11.6. The van der Waals surface area contributed by atoms with Crippen LogP contribution in [-0.2, 0) is 9.53 Å². The number of ether oxygens (including phenoxy) is 2. The van der Waals surface area contributed by atoms with Gasteiger partial charge >= 0.3 is 5.97 Å². The summed E-state index contributed by atoms with van der Waals surface area (Å²) in [5.74, 6) is 1.19. The zero-order valence-corrected chi connectivity index (χ0v) is 22.5. The van der Waals surface area contributed by atoms with E-state index < -0.39 is 0 Å². The highest BCUT2D eigenvalue weighted by Crippen LogP contribution is 2.33. The quantitative estimate of drug-likeness (QED) is 0.158. The topological polar surface area (TPSA) is 35.5 Å². The Morgan fingerprint density at radius 1 is 0.917 bits per heavy atom. The van der Waals surface area contributed by atoms with Gasteiger partial charge in [-0.2, -0.15) is 0 Å². The summed E-state index contributed by atoms with van der Waals surface area (Å²) in [6, 6.07) is 29.7. The molecule has 0 N–H and O–H groups in total. The lowest BCUT2D eigenvalue weighted by atomic mass is 9.99. The van der Waals surface area contributed by atoms with Crippen molar-refractivity contribution < 1.29 is 14.3 Å². The van der Waals surface area contributed by atoms with Crippen molar-refractivity contribution in [3.05, 3.63) is 112 Å². The molecule has 0 saturated carbocycles. The molecule has 0 aliphatic heterocycles. The minimum absolute atomic E-state index is 0.0729. The minimum atomic E-state index is -0.353. The van der Waals surface area contributed by atoms with Gasteiger partial charge in [0.05, 0.1) is 6.61 Å². The number of thioether (sulfide) groups is 1. The van der Waals surface area contributed by atoms with E-state index in [0.717, 1.165) is 16.2 Å². The predicted molar refractivity (Wildman–Crippen MR) is 152 cm³/mol. The van der Waals surface area contributed by atoms with E-state index >= 15 is 0 Å². The van der Waals surface area contributed by atoms with E-state index in [1.54, 1.807) is 18.7 Å². The van der Waals surface area contributed by atoms with Crippen LogP contribution in [0.25, 0.3) is 16.7 Å². The molecule has 1 aromatic heterocycles. The van der Waals surface area contributed by atoms with Gasteiger partial charge < -0.3 is 9.47 Å². The molecule has 5 heteroatoms. The lowest BCUT2D eigenvalue weighted by Gasteiger charge is -2.11. The second-order valence-electron chi connectivity index (χ2n) is 8.30. The van der Waals surface area contributed by atoms with Crippen LogP contribution in [0.15, 0.2) is 95.9 Å². The summed E-state index contributed by atoms with van der Waals surface area (Å²) in [6.45, 7) is 6.21. The zero-order valence-electron chi connectivity index (χ0n) is 20.8. The van der Waals surface area contributed by atoms with Crippen molar-refractivity contribution in [2.24, 2.45) is 0 Å². The number of benzene rings is 3. The number of carbonyl (C=O) groups is 1. The van der Waals surface area contributed by atoms with Gasteiger partial charge in [-0.15, -0.1) is 23.1 Å². The summed E-state index contributed by atoms with van der Waals surface area (Å²) in [6.07, 6.45) is 2.31. The van der Waals surface area contributed by atoms with Gasteiger partial charge in [0.15, 0.2) is 6.61 Å². The molecular weight excluding hydrogens is 484 g/mol. The second kappa shape index (κ2) is 12.6. The van der Waals surface area contributed by atoms with E-state index in [2.05, 4.69) is 79.7 Å². The van der Waals surface area contributed by atoms with E-state index in [4.69, 9.17) is 9.47 Å². The SMILES string of the molecule is CCOC(=O)COc1ccc(SCC=C(c2ccc(-c3ccccc3)cc2)c2ccc(C)s2)cc1C. The van der Waals surface area contributed by atoms with Crippen LogP contribution in [0.4, 0.5) is 0 Å². The molecule has 1 heterocycles. The monoisotopic (exact) mass is 514 g/mol. The zero-order chi connectivity index (χ0) is 25.3. The molecule has 0 spiro atoms. The lowest BCUT2D eigenvalue weighted by molar-refractivity contribution is -0.145. The maximum atomic E-state index is 11.6. The number of hydrogen-bond donors (Lipinski definition) is 0. The van der Waals surface area contributed by atoms with Crippen molar-refractivity contribution in [2.75, 3.05) is 19.0 Å². The first-order valence-electron chi connectivity index (χ1n) is 12.0. The predicted octanol–water partition coefficient (Wildman–Crippen LogP) is 8.20. The van der Waals surface area contributed by atoms with Crippen LogP contribution in [0.3, 0.4) is 0 Å². The minimum Gasteiger partial charge on any atom is -0.482 e. The normalized spacial score (nSPS) is 11.4. The molecule has 0 atom stereocenters. The number of rotatable bonds is 10. The first-order chi connectivity index (χ1) is 17.5. The Labute approximate surface area is 221 Å². The van der Waals surface area contributed by atoms with Gasteiger partial charge in [-0.3, -0.25) is 0 Å². The fraction of sp³-hybridized carbons (Fsp3) is 0.194. The molecule has 0 bridgehead atoms. The van der Waals surface area contributed by atoms with Gasteiger partial charge in [0.25, 0.3) is 0 Å². The Morgan fingerprint density at radius 3 is 2.33 bits per heavy atom. The molecule has 36 heavy (non-hydrogen) atoms. The van der Waals surface area contributed by atoms with Gasteiger partial charge in [0.2, 0.25) is 0 Å². The number of hydrogen-bond acceptors (Lipinski definition) is 5. The smallest absolute Gasteiger partial charge is 0.344 e.